The number of halogens is 1. The SMILES string of the molecule is CCNC(=NCC1(O)CCSC1)NCC(CC(C)C)N1CCOCC1.I. The van der Waals surface area contributed by atoms with E-state index in [4.69, 9.17) is 4.74 Å². The Labute approximate surface area is 180 Å². The third-order valence-corrected chi connectivity index (χ3v) is 6.00. The van der Waals surface area contributed by atoms with Gasteiger partial charge in [0.1, 0.15) is 0 Å². The highest BCUT2D eigenvalue weighted by atomic mass is 127. The molecule has 2 fully saturated rings. The summed E-state index contributed by atoms with van der Waals surface area (Å²) in [4.78, 5) is 7.18. The Morgan fingerprint density at radius 1 is 1.31 bits per heavy atom. The first-order valence-electron chi connectivity index (χ1n) is 9.66. The fourth-order valence-electron chi connectivity index (χ4n) is 3.35. The Morgan fingerprint density at radius 2 is 2.04 bits per heavy atom. The van der Waals surface area contributed by atoms with E-state index in [1.54, 1.807) is 0 Å². The predicted octanol–water partition coefficient (Wildman–Crippen LogP) is 1.77. The van der Waals surface area contributed by atoms with Gasteiger partial charge in [-0.25, -0.2) is 0 Å². The summed E-state index contributed by atoms with van der Waals surface area (Å²) in [6.07, 6.45) is 2.00. The van der Waals surface area contributed by atoms with Gasteiger partial charge in [-0.3, -0.25) is 9.89 Å². The minimum absolute atomic E-state index is 0. The highest BCUT2D eigenvalue weighted by Gasteiger charge is 2.31. The maximum atomic E-state index is 10.5. The Morgan fingerprint density at radius 3 is 2.62 bits per heavy atom. The van der Waals surface area contributed by atoms with Gasteiger partial charge in [0.15, 0.2) is 5.96 Å². The largest absolute Gasteiger partial charge is 0.387 e. The van der Waals surface area contributed by atoms with Gasteiger partial charge in [0.05, 0.1) is 25.4 Å². The molecule has 2 aliphatic heterocycles. The van der Waals surface area contributed by atoms with Crippen molar-refractivity contribution in [2.24, 2.45) is 10.9 Å². The highest BCUT2D eigenvalue weighted by Crippen LogP contribution is 2.27. The van der Waals surface area contributed by atoms with Crippen LogP contribution in [0.15, 0.2) is 4.99 Å². The third kappa shape index (κ3) is 8.50. The summed E-state index contributed by atoms with van der Waals surface area (Å²) in [6.45, 7) is 12.5. The van der Waals surface area contributed by atoms with Gasteiger partial charge < -0.3 is 20.5 Å². The molecule has 0 aromatic rings. The summed E-state index contributed by atoms with van der Waals surface area (Å²) in [5, 5.41) is 17.3. The molecule has 3 N–H and O–H groups in total. The second-order valence-corrected chi connectivity index (χ2v) is 8.64. The molecule has 0 saturated carbocycles. The summed E-state index contributed by atoms with van der Waals surface area (Å²) < 4.78 is 5.50. The second-order valence-electron chi connectivity index (χ2n) is 7.53. The maximum absolute atomic E-state index is 10.5. The lowest BCUT2D eigenvalue weighted by Crippen LogP contribution is -2.51. The second kappa shape index (κ2) is 12.6. The molecule has 2 unspecified atom stereocenters. The van der Waals surface area contributed by atoms with Crippen LogP contribution in [0.1, 0.15) is 33.6 Å². The van der Waals surface area contributed by atoms with Crippen LogP contribution in [0.4, 0.5) is 0 Å². The van der Waals surface area contributed by atoms with Crippen molar-refractivity contribution in [1.29, 1.82) is 0 Å². The fourth-order valence-corrected chi connectivity index (χ4v) is 4.64. The molecule has 0 aliphatic carbocycles. The summed E-state index contributed by atoms with van der Waals surface area (Å²) in [7, 11) is 0. The van der Waals surface area contributed by atoms with E-state index in [1.165, 1.54) is 0 Å². The number of nitrogens with zero attached hydrogens (tertiary/aromatic N) is 2. The molecular weight excluding hydrogens is 463 g/mol. The molecule has 8 heteroatoms. The smallest absolute Gasteiger partial charge is 0.191 e. The van der Waals surface area contributed by atoms with Crippen molar-refractivity contribution in [2.75, 3.05) is 57.4 Å². The first kappa shape index (κ1) is 24.3. The molecular formula is C18H37IN4O2S. The fraction of sp³-hybridized carbons (Fsp3) is 0.944. The van der Waals surface area contributed by atoms with Crippen molar-refractivity contribution in [3.05, 3.63) is 0 Å². The van der Waals surface area contributed by atoms with E-state index >= 15 is 0 Å². The molecule has 6 nitrogen and oxygen atoms in total. The van der Waals surface area contributed by atoms with Gasteiger partial charge in [0.25, 0.3) is 0 Å². The minimum atomic E-state index is -0.630. The zero-order valence-electron chi connectivity index (χ0n) is 16.5. The lowest BCUT2D eigenvalue weighted by molar-refractivity contribution is 0.0132. The van der Waals surface area contributed by atoms with Crippen molar-refractivity contribution in [3.8, 4) is 0 Å². The monoisotopic (exact) mass is 500 g/mol. The van der Waals surface area contributed by atoms with E-state index in [9.17, 15) is 5.11 Å². The molecule has 26 heavy (non-hydrogen) atoms. The van der Waals surface area contributed by atoms with Crippen LogP contribution in [-0.2, 0) is 4.74 Å². The predicted molar refractivity (Wildman–Crippen MR) is 122 cm³/mol. The number of aliphatic imine (C=N–C) groups is 1. The highest BCUT2D eigenvalue weighted by molar-refractivity contribution is 14.0. The van der Waals surface area contributed by atoms with Gasteiger partial charge in [-0.05, 0) is 31.4 Å². The average Bonchev–Trinajstić information content (AvgIpc) is 3.03. The summed E-state index contributed by atoms with van der Waals surface area (Å²) in [6, 6.07) is 0.484. The molecule has 2 aliphatic rings. The van der Waals surface area contributed by atoms with Gasteiger partial charge in [-0.1, -0.05) is 13.8 Å². The number of thioether (sulfide) groups is 1. The van der Waals surface area contributed by atoms with Crippen LogP contribution >= 0.6 is 35.7 Å². The Bertz CT molecular complexity index is 414. The molecule has 154 valence electrons. The van der Waals surface area contributed by atoms with Crippen LogP contribution in [0.5, 0.6) is 0 Å². The number of rotatable bonds is 8. The molecule has 0 radical (unpaired) electrons. The van der Waals surface area contributed by atoms with E-state index in [-0.39, 0.29) is 24.0 Å². The van der Waals surface area contributed by atoms with E-state index < -0.39 is 5.60 Å². The molecule has 0 amide bonds. The lowest BCUT2D eigenvalue weighted by Gasteiger charge is -2.35. The Hall–Kier alpha value is 0.230. The number of nitrogens with one attached hydrogen (secondary N) is 2. The molecule has 2 heterocycles. The lowest BCUT2D eigenvalue weighted by atomic mass is 10.0. The molecule has 2 atom stereocenters. The summed E-state index contributed by atoms with van der Waals surface area (Å²) in [5.74, 6) is 3.29. The Kier molecular flexibility index (Phi) is 11.8. The molecule has 2 saturated heterocycles. The van der Waals surface area contributed by atoms with Crippen LogP contribution in [0.25, 0.3) is 0 Å². The Balaban J connectivity index is 0.00000338. The van der Waals surface area contributed by atoms with Crippen molar-refractivity contribution >= 4 is 41.7 Å². The van der Waals surface area contributed by atoms with Crippen LogP contribution in [0, 0.1) is 5.92 Å². The number of morpholine rings is 1. The number of ether oxygens (including phenoxy) is 1. The normalized spacial score (nSPS) is 25.8. The zero-order chi connectivity index (χ0) is 18.1. The molecule has 0 aromatic carbocycles. The first-order chi connectivity index (χ1) is 12.0. The standard InChI is InChI=1S/C18H36N4O2S.HI/c1-4-19-17(21-13-18(23)5-10-25-14-18)20-12-16(11-15(2)3)22-6-8-24-9-7-22;/h15-16,23H,4-14H2,1-3H3,(H2,19,20,21);1H. The van der Waals surface area contributed by atoms with Crippen LogP contribution < -0.4 is 10.6 Å². The maximum Gasteiger partial charge on any atom is 0.191 e. The zero-order valence-corrected chi connectivity index (χ0v) is 19.6. The topological polar surface area (TPSA) is 69.1 Å². The van der Waals surface area contributed by atoms with E-state index in [2.05, 4.69) is 41.3 Å². The quantitative estimate of drug-likeness (QED) is 0.268. The van der Waals surface area contributed by atoms with Crippen molar-refractivity contribution in [2.45, 2.75) is 45.3 Å². The minimum Gasteiger partial charge on any atom is -0.387 e. The van der Waals surface area contributed by atoms with Gasteiger partial charge in [0, 0.05) is 38.0 Å². The summed E-state index contributed by atoms with van der Waals surface area (Å²) in [5.41, 5.74) is -0.630. The number of hydrogen-bond donors (Lipinski definition) is 3. The van der Waals surface area contributed by atoms with Gasteiger partial charge >= 0.3 is 0 Å². The first-order valence-corrected chi connectivity index (χ1v) is 10.8. The molecule has 0 bridgehead atoms. The molecule has 0 aromatic heterocycles. The molecule has 2 rings (SSSR count). The number of hydrogen-bond acceptors (Lipinski definition) is 5. The van der Waals surface area contributed by atoms with Crippen molar-refractivity contribution in [3.63, 3.8) is 0 Å². The van der Waals surface area contributed by atoms with Crippen LogP contribution in [0.3, 0.4) is 0 Å². The van der Waals surface area contributed by atoms with Crippen LogP contribution in [-0.4, -0.2) is 85.1 Å². The van der Waals surface area contributed by atoms with E-state index in [1.807, 2.05) is 11.8 Å². The van der Waals surface area contributed by atoms with Crippen molar-refractivity contribution < 1.29 is 9.84 Å². The summed E-state index contributed by atoms with van der Waals surface area (Å²) >= 11 is 1.81. The van der Waals surface area contributed by atoms with Gasteiger partial charge in [-0.15, -0.1) is 24.0 Å². The van der Waals surface area contributed by atoms with E-state index in [0.717, 1.165) is 69.7 Å². The number of aliphatic hydroxyl groups is 1. The van der Waals surface area contributed by atoms with Crippen LogP contribution in [0.2, 0.25) is 0 Å². The molecule has 0 spiro atoms. The number of guanidine groups is 1. The third-order valence-electron chi connectivity index (χ3n) is 4.77. The van der Waals surface area contributed by atoms with Crippen molar-refractivity contribution in [1.82, 2.24) is 15.5 Å². The average molecular weight is 500 g/mol. The van der Waals surface area contributed by atoms with Gasteiger partial charge in [-0.2, -0.15) is 11.8 Å². The van der Waals surface area contributed by atoms with E-state index in [0.29, 0.717) is 18.5 Å². The van der Waals surface area contributed by atoms with Gasteiger partial charge in [0.2, 0.25) is 0 Å².